The van der Waals surface area contributed by atoms with E-state index in [0.717, 1.165) is 29.0 Å². The van der Waals surface area contributed by atoms with Gasteiger partial charge in [-0.3, -0.25) is 0 Å². The fourth-order valence-electron chi connectivity index (χ4n) is 2.53. The Labute approximate surface area is 124 Å². The molecule has 0 fully saturated rings. The number of hydrogen-bond acceptors (Lipinski definition) is 3. The zero-order chi connectivity index (χ0) is 14.8. The van der Waals surface area contributed by atoms with Gasteiger partial charge in [-0.15, -0.1) is 0 Å². The van der Waals surface area contributed by atoms with E-state index < -0.39 is 0 Å². The number of nitrogens with one attached hydrogen (secondary N) is 1. The van der Waals surface area contributed by atoms with Crippen LogP contribution in [0.1, 0.15) is 24.4 Å². The molecule has 4 heteroatoms. The standard InChI is InChI=1S/C17H19N3O/c1-12(18-11-13-7-9-14(21)10-8-13)17-19-15-5-3-4-6-16(15)20(17)2/h3-10,12,18,21H,11H2,1-2H3. The van der Waals surface area contributed by atoms with Crippen molar-refractivity contribution in [2.75, 3.05) is 0 Å². The van der Waals surface area contributed by atoms with Gasteiger partial charge in [0.05, 0.1) is 17.1 Å². The van der Waals surface area contributed by atoms with Gasteiger partial charge in [-0.25, -0.2) is 4.98 Å². The lowest BCUT2D eigenvalue weighted by Gasteiger charge is -2.14. The summed E-state index contributed by atoms with van der Waals surface area (Å²) in [5, 5.41) is 12.8. The number of benzene rings is 2. The fourth-order valence-corrected chi connectivity index (χ4v) is 2.53. The number of para-hydroxylation sites is 2. The predicted octanol–water partition coefficient (Wildman–Crippen LogP) is 3.13. The highest BCUT2D eigenvalue weighted by Crippen LogP contribution is 2.19. The largest absolute Gasteiger partial charge is 0.508 e. The molecule has 0 spiro atoms. The Kier molecular flexibility index (Phi) is 3.62. The summed E-state index contributed by atoms with van der Waals surface area (Å²) in [4.78, 5) is 4.70. The van der Waals surface area contributed by atoms with Crippen molar-refractivity contribution in [3.05, 3.63) is 59.9 Å². The van der Waals surface area contributed by atoms with E-state index in [1.165, 1.54) is 0 Å². The maximum Gasteiger partial charge on any atom is 0.126 e. The van der Waals surface area contributed by atoms with Crippen molar-refractivity contribution >= 4 is 11.0 Å². The third-order valence-electron chi connectivity index (χ3n) is 3.76. The van der Waals surface area contributed by atoms with Gasteiger partial charge in [-0.1, -0.05) is 24.3 Å². The normalized spacial score (nSPS) is 12.7. The van der Waals surface area contributed by atoms with E-state index in [1.807, 2.05) is 37.4 Å². The molecule has 2 N–H and O–H groups in total. The number of aryl methyl sites for hydroxylation is 1. The maximum absolute atomic E-state index is 9.30. The van der Waals surface area contributed by atoms with Gasteiger partial charge >= 0.3 is 0 Å². The van der Waals surface area contributed by atoms with Crippen molar-refractivity contribution < 1.29 is 5.11 Å². The highest BCUT2D eigenvalue weighted by molar-refractivity contribution is 5.75. The van der Waals surface area contributed by atoms with Crippen molar-refractivity contribution in [1.29, 1.82) is 0 Å². The number of rotatable bonds is 4. The lowest BCUT2D eigenvalue weighted by molar-refractivity contribution is 0.474. The Hall–Kier alpha value is -2.33. The molecule has 1 unspecified atom stereocenters. The minimum atomic E-state index is 0.149. The van der Waals surface area contributed by atoms with Crippen molar-refractivity contribution in [3.63, 3.8) is 0 Å². The fraction of sp³-hybridized carbons (Fsp3) is 0.235. The minimum Gasteiger partial charge on any atom is -0.508 e. The molecule has 0 amide bonds. The molecule has 2 aromatic carbocycles. The van der Waals surface area contributed by atoms with E-state index in [9.17, 15) is 5.11 Å². The van der Waals surface area contributed by atoms with Crippen LogP contribution in [0.15, 0.2) is 48.5 Å². The summed E-state index contributed by atoms with van der Waals surface area (Å²) in [6.07, 6.45) is 0. The molecule has 3 aromatic rings. The van der Waals surface area contributed by atoms with Crippen LogP contribution >= 0.6 is 0 Å². The van der Waals surface area contributed by atoms with Crippen LogP contribution in [0.2, 0.25) is 0 Å². The van der Waals surface area contributed by atoms with Crippen molar-refractivity contribution in [2.45, 2.75) is 19.5 Å². The Balaban J connectivity index is 1.76. The number of phenolic OH excluding ortho intramolecular Hbond substituents is 1. The van der Waals surface area contributed by atoms with Crippen molar-refractivity contribution in [2.24, 2.45) is 7.05 Å². The Bertz CT molecular complexity index is 746. The second-order valence-electron chi connectivity index (χ2n) is 5.29. The molecule has 1 heterocycles. The molecule has 108 valence electrons. The third-order valence-corrected chi connectivity index (χ3v) is 3.76. The summed E-state index contributed by atoms with van der Waals surface area (Å²) in [5.74, 6) is 1.32. The lowest BCUT2D eigenvalue weighted by atomic mass is 10.2. The molecule has 4 nitrogen and oxygen atoms in total. The van der Waals surface area contributed by atoms with Gasteiger partial charge in [0.2, 0.25) is 0 Å². The van der Waals surface area contributed by atoms with Crippen LogP contribution in [0.3, 0.4) is 0 Å². The molecular weight excluding hydrogens is 262 g/mol. The smallest absolute Gasteiger partial charge is 0.126 e. The van der Waals surface area contributed by atoms with Crippen LogP contribution in [0.4, 0.5) is 0 Å². The van der Waals surface area contributed by atoms with Gasteiger partial charge in [0.25, 0.3) is 0 Å². The van der Waals surface area contributed by atoms with Crippen LogP contribution < -0.4 is 5.32 Å². The van der Waals surface area contributed by atoms with E-state index >= 15 is 0 Å². The average Bonchev–Trinajstić information content (AvgIpc) is 2.84. The predicted molar refractivity (Wildman–Crippen MR) is 84.1 cm³/mol. The first kappa shape index (κ1) is 13.6. The summed E-state index contributed by atoms with van der Waals surface area (Å²) >= 11 is 0. The molecule has 0 bridgehead atoms. The lowest BCUT2D eigenvalue weighted by Crippen LogP contribution is -2.21. The van der Waals surface area contributed by atoms with Crippen LogP contribution in [0, 0.1) is 0 Å². The SMILES string of the molecule is CC(NCc1ccc(O)cc1)c1nc2ccccc2n1C. The average molecular weight is 281 g/mol. The quantitative estimate of drug-likeness (QED) is 0.772. The Morgan fingerprint density at radius 3 is 2.57 bits per heavy atom. The summed E-state index contributed by atoms with van der Waals surface area (Å²) in [6.45, 7) is 2.85. The molecule has 0 saturated heterocycles. The molecule has 0 saturated carbocycles. The number of nitrogens with zero attached hydrogens (tertiary/aromatic N) is 2. The second-order valence-corrected chi connectivity index (χ2v) is 5.29. The molecule has 1 aromatic heterocycles. The van der Waals surface area contributed by atoms with E-state index in [-0.39, 0.29) is 6.04 Å². The van der Waals surface area contributed by atoms with E-state index in [2.05, 4.69) is 22.9 Å². The third kappa shape index (κ3) is 2.76. The summed E-state index contributed by atoms with van der Waals surface area (Å²) in [5.41, 5.74) is 3.30. The molecule has 0 aliphatic rings. The van der Waals surface area contributed by atoms with E-state index in [0.29, 0.717) is 5.75 Å². The second kappa shape index (κ2) is 5.58. The van der Waals surface area contributed by atoms with Gasteiger partial charge in [0.15, 0.2) is 0 Å². The number of imidazole rings is 1. The van der Waals surface area contributed by atoms with E-state index in [1.54, 1.807) is 12.1 Å². The zero-order valence-corrected chi connectivity index (χ0v) is 12.2. The van der Waals surface area contributed by atoms with Crippen LogP contribution in [-0.4, -0.2) is 14.7 Å². The van der Waals surface area contributed by atoms with Crippen LogP contribution in [0.25, 0.3) is 11.0 Å². The van der Waals surface area contributed by atoms with Gasteiger partial charge < -0.3 is 15.0 Å². The first-order valence-electron chi connectivity index (χ1n) is 7.08. The first-order valence-corrected chi connectivity index (χ1v) is 7.08. The highest BCUT2D eigenvalue weighted by atomic mass is 16.3. The van der Waals surface area contributed by atoms with Crippen molar-refractivity contribution in [1.82, 2.24) is 14.9 Å². The summed E-state index contributed by atoms with van der Waals surface area (Å²) in [6, 6.07) is 15.6. The first-order chi connectivity index (χ1) is 10.1. The van der Waals surface area contributed by atoms with Crippen LogP contribution in [0.5, 0.6) is 5.75 Å². The highest BCUT2D eigenvalue weighted by Gasteiger charge is 2.13. The monoisotopic (exact) mass is 281 g/mol. The van der Waals surface area contributed by atoms with Gasteiger partial charge in [-0.05, 0) is 36.8 Å². The zero-order valence-electron chi connectivity index (χ0n) is 12.2. The molecule has 3 rings (SSSR count). The molecule has 1 atom stereocenters. The maximum atomic E-state index is 9.30. The van der Waals surface area contributed by atoms with Crippen LogP contribution in [-0.2, 0) is 13.6 Å². The van der Waals surface area contributed by atoms with Gasteiger partial charge in [0, 0.05) is 13.6 Å². The topological polar surface area (TPSA) is 50.1 Å². The Morgan fingerprint density at radius 1 is 1.14 bits per heavy atom. The van der Waals surface area contributed by atoms with Crippen molar-refractivity contribution in [3.8, 4) is 5.75 Å². The number of hydrogen-bond donors (Lipinski definition) is 2. The Morgan fingerprint density at radius 2 is 1.86 bits per heavy atom. The molecule has 21 heavy (non-hydrogen) atoms. The van der Waals surface area contributed by atoms with Gasteiger partial charge in [-0.2, -0.15) is 0 Å². The molecule has 0 aliphatic carbocycles. The number of fused-ring (bicyclic) bond motifs is 1. The number of aromatic hydroxyl groups is 1. The summed E-state index contributed by atoms with van der Waals surface area (Å²) < 4.78 is 2.13. The van der Waals surface area contributed by atoms with E-state index in [4.69, 9.17) is 4.98 Å². The number of phenols is 1. The number of aromatic nitrogens is 2. The van der Waals surface area contributed by atoms with Gasteiger partial charge in [0.1, 0.15) is 11.6 Å². The molecule has 0 radical (unpaired) electrons. The molecule has 0 aliphatic heterocycles. The molecular formula is C17H19N3O. The minimum absolute atomic E-state index is 0.149. The summed E-state index contributed by atoms with van der Waals surface area (Å²) in [7, 11) is 2.05.